The van der Waals surface area contributed by atoms with Gasteiger partial charge in [-0.1, -0.05) is 32.0 Å². The zero-order chi connectivity index (χ0) is 18.1. The summed E-state index contributed by atoms with van der Waals surface area (Å²) >= 11 is 0. The van der Waals surface area contributed by atoms with E-state index in [2.05, 4.69) is 31.0 Å². The fourth-order valence-electron chi connectivity index (χ4n) is 3.02. The summed E-state index contributed by atoms with van der Waals surface area (Å²) in [5, 5.41) is 0. The standard InChI is InChI=1S/C22H20FN2O/c1-15(2)17-8-9-21-20(12-17)24-22(26-21)18-6-4-10-25(14-18)13-16-5-3-7-19(23)11-16/h3-12,14-15H,13H2,1-2H3/q+1. The Bertz CT molecular complexity index is 1070. The number of nitrogens with zero attached hydrogens (tertiary/aromatic N) is 2. The average Bonchev–Trinajstić information content (AvgIpc) is 3.05. The molecule has 130 valence electrons. The summed E-state index contributed by atoms with van der Waals surface area (Å²) in [6.07, 6.45) is 3.92. The molecule has 0 bridgehead atoms. The van der Waals surface area contributed by atoms with E-state index >= 15 is 0 Å². The van der Waals surface area contributed by atoms with Gasteiger partial charge >= 0.3 is 0 Å². The van der Waals surface area contributed by atoms with E-state index in [4.69, 9.17) is 4.42 Å². The summed E-state index contributed by atoms with van der Waals surface area (Å²) in [5.41, 5.74) is 4.70. The van der Waals surface area contributed by atoms with Gasteiger partial charge in [0.2, 0.25) is 5.89 Å². The predicted molar refractivity (Wildman–Crippen MR) is 99.2 cm³/mol. The third kappa shape index (κ3) is 3.36. The summed E-state index contributed by atoms with van der Waals surface area (Å²) in [7, 11) is 0. The number of benzene rings is 2. The van der Waals surface area contributed by atoms with Gasteiger partial charge in [0.1, 0.15) is 16.9 Å². The first kappa shape index (κ1) is 16.5. The van der Waals surface area contributed by atoms with E-state index in [0.29, 0.717) is 18.4 Å². The minimum absolute atomic E-state index is 0.223. The zero-order valence-electron chi connectivity index (χ0n) is 14.8. The number of hydrogen-bond donors (Lipinski definition) is 0. The number of hydrogen-bond acceptors (Lipinski definition) is 2. The Hall–Kier alpha value is -3.01. The van der Waals surface area contributed by atoms with Crippen molar-refractivity contribution < 1.29 is 13.4 Å². The molecular weight excluding hydrogens is 327 g/mol. The van der Waals surface area contributed by atoms with Gasteiger partial charge in [0.15, 0.2) is 24.5 Å². The molecule has 0 radical (unpaired) electrons. The van der Waals surface area contributed by atoms with E-state index in [1.165, 1.54) is 11.6 Å². The average molecular weight is 347 g/mol. The molecule has 0 unspecified atom stereocenters. The van der Waals surface area contributed by atoms with Crippen molar-refractivity contribution in [2.24, 2.45) is 0 Å². The van der Waals surface area contributed by atoms with E-state index in [0.717, 1.165) is 22.2 Å². The first-order valence-electron chi connectivity index (χ1n) is 8.73. The first-order chi connectivity index (χ1) is 12.6. The van der Waals surface area contributed by atoms with Crippen LogP contribution in [0.1, 0.15) is 30.9 Å². The SMILES string of the molecule is CC(C)c1ccc2oc(-c3ccc[n+](Cc4cccc(F)c4)c3)nc2c1. The third-order valence-electron chi connectivity index (χ3n) is 4.44. The second kappa shape index (κ2) is 6.71. The summed E-state index contributed by atoms with van der Waals surface area (Å²) in [5.74, 6) is 0.818. The van der Waals surface area contributed by atoms with E-state index in [9.17, 15) is 4.39 Å². The molecular formula is C22H20FN2O+. The van der Waals surface area contributed by atoms with Gasteiger partial charge in [-0.2, -0.15) is 4.57 Å². The maximum atomic E-state index is 13.4. The smallest absolute Gasteiger partial charge is 0.233 e. The lowest BCUT2D eigenvalue weighted by atomic mass is 10.0. The third-order valence-corrected chi connectivity index (χ3v) is 4.44. The molecule has 2 aromatic heterocycles. The van der Waals surface area contributed by atoms with E-state index in [1.54, 1.807) is 12.1 Å². The van der Waals surface area contributed by atoms with Gasteiger partial charge in [-0.15, -0.1) is 0 Å². The fraction of sp³-hybridized carbons (Fsp3) is 0.182. The number of halogens is 1. The molecule has 0 aliphatic heterocycles. The minimum atomic E-state index is -0.223. The second-order valence-corrected chi connectivity index (χ2v) is 6.80. The first-order valence-corrected chi connectivity index (χ1v) is 8.73. The van der Waals surface area contributed by atoms with Crippen LogP contribution in [0.4, 0.5) is 4.39 Å². The van der Waals surface area contributed by atoms with Crippen molar-refractivity contribution in [1.82, 2.24) is 4.98 Å². The van der Waals surface area contributed by atoms with Crippen molar-refractivity contribution >= 4 is 11.1 Å². The molecule has 4 aromatic rings. The van der Waals surface area contributed by atoms with Crippen LogP contribution in [-0.4, -0.2) is 4.98 Å². The maximum Gasteiger partial charge on any atom is 0.233 e. The zero-order valence-corrected chi connectivity index (χ0v) is 14.8. The van der Waals surface area contributed by atoms with Crippen LogP contribution in [-0.2, 0) is 6.54 Å². The number of aromatic nitrogens is 2. The van der Waals surface area contributed by atoms with Crippen molar-refractivity contribution in [2.45, 2.75) is 26.3 Å². The molecule has 0 aliphatic rings. The molecule has 0 amide bonds. The van der Waals surface area contributed by atoms with Crippen LogP contribution in [0.3, 0.4) is 0 Å². The molecule has 4 heteroatoms. The Labute approximate surface area is 151 Å². The maximum absolute atomic E-state index is 13.4. The lowest BCUT2D eigenvalue weighted by molar-refractivity contribution is -0.687. The molecule has 0 saturated carbocycles. The van der Waals surface area contributed by atoms with Gasteiger partial charge in [-0.3, -0.25) is 0 Å². The molecule has 0 N–H and O–H groups in total. The molecule has 3 nitrogen and oxygen atoms in total. The summed E-state index contributed by atoms with van der Waals surface area (Å²) < 4.78 is 21.3. The Morgan fingerprint density at radius 3 is 2.77 bits per heavy atom. The predicted octanol–water partition coefficient (Wildman–Crippen LogP) is 5.09. The molecule has 0 aliphatic carbocycles. The van der Waals surface area contributed by atoms with Gasteiger partial charge in [0.05, 0.1) is 0 Å². The van der Waals surface area contributed by atoms with Crippen LogP contribution < -0.4 is 4.57 Å². The van der Waals surface area contributed by atoms with Gasteiger partial charge in [-0.25, -0.2) is 9.37 Å². The van der Waals surface area contributed by atoms with Crippen molar-refractivity contribution in [3.8, 4) is 11.5 Å². The number of oxazole rings is 1. The monoisotopic (exact) mass is 347 g/mol. The Morgan fingerprint density at radius 1 is 1.08 bits per heavy atom. The second-order valence-electron chi connectivity index (χ2n) is 6.80. The molecule has 4 rings (SSSR count). The number of rotatable bonds is 4. The van der Waals surface area contributed by atoms with Gasteiger partial charge in [0.25, 0.3) is 0 Å². The summed E-state index contributed by atoms with van der Waals surface area (Å²) in [6, 6.07) is 16.7. The van der Waals surface area contributed by atoms with Crippen LogP contribution in [0.15, 0.2) is 71.4 Å². The van der Waals surface area contributed by atoms with Crippen molar-refractivity contribution in [3.63, 3.8) is 0 Å². The van der Waals surface area contributed by atoms with Gasteiger partial charge in [0, 0.05) is 11.6 Å². The largest absolute Gasteiger partial charge is 0.436 e. The van der Waals surface area contributed by atoms with Crippen molar-refractivity contribution in [3.05, 3.63) is 83.9 Å². The molecule has 26 heavy (non-hydrogen) atoms. The van der Waals surface area contributed by atoms with Crippen LogP contribution in [0.25, 0.3) is 22.6 Å². The van der Waals surface area contributed by atoms with Gasteiger partial charge < -0.3 is 4.42 Å². The highest BCUT2D eigenvalue weighted by atomic mass is 19.1. The summed E-state index contributed by atoms with van der Waals surface area (Å²) in [6.45, 7) is 4.91. The van der Waals surface area contributed by atoms with Crippen LogP contribution in [0.2, 0.25) is 0 Å². The Balaban J connectivity index is 1.66. The van der Waals surface area contributed by atoms with E-state index < -0.39 is 0 Å². The normalized spacial score (nSPS) is 11.4. The van der Waals surface area contributed by atoms with Crippen LogP contribution in [0, 0.1) is 5.82 Å². The number of pyridine rings is 1. The highest BCUT2D eigenvalue weighted by Gasteiger charge is 2.13. The molecule has 0 fully saturated rings. The molecule has 0 saturated heterocycles. The van der Waals surface area contributed by atoms with Crippen molar-refractivity contribution in [2.75, 3.05) is 0 Å². The van der Waals surface area contributed by atoms with Crippen molar-refractivity contribution in [1.29, 1.82) is 0 Å². The molecule has 0 spiro atoms. The van der Waals surface area contributed by atoms with Crippen LogP contribution >= 0.6 is 0 Å². The lowest BCUT2D eigenvalue weighted by Crippen LogP contribution is -2.33. The quantitative estimate of drug-likeness (QED) is 0.481. The Kier molecular flexibility index (Phi) is 4.25. The molecule has 2 aromatic carbocycles. The van der Waals surface area contributed by atoms with E-state index in [-0.39, 0.29) is 5.82 Å². The van der Waals surface area contributed by atoms with E-state index in [1.807, 2.05) is 41.2 Å². The lowest BCUT2D eigenvalue weighted by Gasteiger charge is -2.02. The number of fused-ring (bicyclic) bond motifs is 1. The minimum Gasteiger partial charge on any atom is -0.436 e. The topological polar surface area (TPSA) is 29.9 Å². The van der Waals surface area contributed by atoms with Gasteiger partial charge in [-0.05, 0) is 41.8 Å². The Morgan fingerprint density at radius 2 is 1.96 bits per heavy atom. The molecule has 2 heterocycles. The molecule has 0 atom stereocenters. The highest BCUT2D eigenvalue weighted by molar-refractivity contribution is 5.76. The summed E-state index contributed by atoms with van der Waals surface area (Å²) in [4.78, 5) is 4.65. The highest BCUT2D eigenvalue weighted by Crippen LogP contribution is 2.26. The van der Waals surface area contributed by atoms with Crippen LogP contribution in [0.5, 0.6) is 0 Å². The fourth-order valence-corrected chi connectivity index (χ4v) is 3.02.